The molecule has 1 aromatic carbocycles. The second kappa shape index (κ2) is 7.31. The number of nitrogens with one attached hydrogen (secondary N) is 2. The normalized spacial score (nSPS) is 18.1. The summed E-state index contributed by atoms with van der Waals surface area (Å²) in [5.41, 5.74) is 2.62. The highest BCUT2D eigenvalue weighted by atomic mass is 32.2. The van der Waals surface area contributed by atoms with Gasteiger partial charge < -0.3 is 10.6 Å². The molecule has 1 aromatic heterocycles. The van der Waals surface area contributed by atoms with Gasteiger partial charge in [-0.1, -0.05) is 47.4 Å². The first-order chi connectivity index (χ1) is 11.2. The number of aromatic nitrogens is 2. The van der Waals surface area contributed by atoms with Crippen molar-refractivity contribution in [2.45, 2.75) is 41.8 Å². The standard InChI is InChI=1S/C16H20N4OS2/c1-10(22-16-20-19-15(17-2)23-16)14(21)18-13-9-5-7-11-6-3-4-8-12(11)13/h3-4,6,8,10,13H,5,7,9H2,1-2H3,(H,17,19)(H,18,21)/t10-,13+/m0/s1. The highest BCUT2D eigenvalue weighted by Gasteiger charge is 2.24. The molecule has 0 aliphatic heterocycles. The van der Waals surface area contributed by atoms with Crippen LogP contribution in [-0.2, 0) is 11.2 Å². The van der Waals surface area contributed by atoms with Crippen LogP contribution in [0, 0.1) is 0 Å². The van der Waals surface area contributed by atoms with Crippen LogP contribution in [0.15, 0.2) is 28.6 Å². The summed E-state index contributed by atoms with van der Waals surface area (Å²) in [5, 5.41) is 14.8. The Balaban J connectivity index is 1.63. The minimum Gasteiger partial charge on any atom is -0.363 e. The smallest absolute Gasteiger partial charge is 0.233 e. The van der Waals surface area contributed by atoms with E-state index in [9.17, 15) is 4.79 Å². The van der Waals surface area contributed by atoms with Crippen molar-refractivity contribution >= 4 is 34.1 Å². The maximum absolute atomic E-state index is 12.5. The molecule has 0 saturated carbocycles. The Morgan fingerprint density at radius 2 is 2.22 bits per heavy atom. The van der Waals surface area contributed by atoms with Crippen molar-refractivity contribution in [3.05, 3.63) is 35.4 Å². The van der Waals surface area contributed by atoms with Crippen LogP contribution >= 0.6 is 23.1 Å². The van der Waals surface area contributed by atoms with Crippen LogP contribution in [0.4, 0.5) is 5.13 Å². The molecular formula is C16H20N4OS2. The molecule has 0 unspecified atom stereocenters. The SMILES string of the molecule is CNc1nnc(S[C@@H](C)C(=O)N[C@@H]2CCCc3ccccc32)s1. The zero-order chi connectivity index (χ0) is 16.2. The fourth-order valence-corrected chi connectivity index (χ4v) is 4.61. The molecule has 0 fully saturated rings. The Morgan fingerprint density at radius 1 is 1.39 bits per heavy atom. The molecule has 7 heteroatoms. The molecule has 1 heterocycles. The Labute approximate surface area is 144 Å². The second-order valence-electron chi connectivity index (χ2n) is 5.54. The highest BCUT2D eigenvalue weighted by molar-refractivity contribution is 8.02. The summed E-state index contributed by atoms with van der Waals surface area (Å²) in [7, 11) is 1.81. The lowest BCUT2D eigenvalue weighted by Crippen LogP contribution is -2.35. The summed E-state index contributed by atoms with van der Waals surface area (Å²) in [4.78, 5) is 12.5. The molecule has 0 bridgehead atoms. The van der Waals surface area contributed by atoms with Crippen molar-refractivity contribution in [1.29, 1.82) is 0 Å². The predicted molar refractivity (Wildman–Crippen MR) is 95.0 cm³/mol. The molecule has 5 nitrogen and oxygen atoms in total. The fraction of sp³-hybridized carbons (Fsp3) is 0.438. The van der Waals surface area contributed by atoms with E-state index in [0.717, 1.165) is 28.7 Å². The van der Waals surface area contributed by atoms with Crippen LogP contribution in [0.25, 0.3) is 0 Å². The molecule has 1 aliphatic rings. The molecule has 1 aliphatic carbocycles. The molecule has 1 amide bonds. The Morgan fingerprint density at radius 3 is 3.00 bits per heavy atom. The molecule has 0 radical (unpaired) electrons. The number of fused-ring (bicyclic) bond motifs is 1. The largest absolute Gasteiger partial charge is 0.363 e. The lowest BCUT2D eigenvalue weighted by molar-refractivity contribution is -0.121. The minimum absolute atomic E-state index is 0.0536. The molecule has 122 valence electrons. The summed E-state index contributed by atoms with van der Waals surface area (Å²) in [6, 6.07) is 8.52. The van der Waals surface area contributed by atoms with Gasteiger partial charge >= 0.3 is 0 Å². The monoisotopic (exact) mass is 348 g/mol. The van der Waals surface area contributed by atoms with E-state index in [4.69, 9.17) is 0 Å². The van der Waals surface area contributed by atoms with Gasteiger partial charge in [-0.3, -0.25) is 4.79 Å². The van der Waals surface area contributed by atoms with Gasteiger partial charge in [-0.25, -0.2) is 0 Å². The number of anilines is 1. The third-order valence-electron chi connectivity index (χ3n) is 3.95. The average molecular weight is 348 g/mol. The maximum Gasteiger partial charge on any atom is 0.233 e. The number of amides is 1. The van der Waals surface area contributed by atoms with Crippen molar-refractivity contribution in [3.8, 4) is 0 Å². The molecule has 2 N–H and O–H groups in total. The van der Waals surface area contributed by atoms with Gasteiger partial charge in [-0.2, -0.15) is 0 Å². The molecule has 2 aromatic rings. The van der Waals surface area contributed by atoms with Gasteiger partial charge in [0.05, 0.1) is 11.3 Å². The third kappa shape index (κ3) is 3.84. The first kappa shape index (κ1) is 16.3. The lowest BCUT2D eigenvalue weighted by Gasteiger charge is -2.27. The highest BCUT2D eigenvalue weighted by Crippen LogP contribution is 2.32. The van der Waals surface area contributed by atoms with Gasteiger partial charge in [0.15, 0.2) is 4.34 Å². The number of rotatable bonds is 5. The van der Waals surface area contributed by atoms with Gasteiger partial charge in [0.25, 0.3) is 0 Å². The van der Waals surface area contributed by atoms with Crippen molar-refractivity contribution < 1.29 is 4.79 Å². The molecule has 3 rings (SSSR count). The van der Waals surface area contributed by atoms with Gasteiger partial charge in [-0.05, 0) is 37.3 Å². The van der Waals surface area contributed by atoms with Gasteiger partial charge in [-0.15, -0.1) is 10.2 Å². The number of carbonyl (C=O) groups is 1. The van der Waals surface area contributed by atoms with Gasteiger partial charge in [0.2, 0.25) is 11.0 Å². The molecular weight excluding hydrogens is 328 g/mol. The quantitative estimate of drug-likeness (QED) is 0.812. The number of carbonyl (C=O) groups excluding carboxylic acids is 1. The predicted octanol–water partition coefficient (Wildman–Crippen LogP) is 3.25. The summed E-state index contributed by atoms with van der Waals surface area (Å²) < 4.78 is 0.807. The lowest BCUT2D eigenvalue weighted by atomic mass is 9.88. The van der Waals surface area contributed by atoms with Crippen molar-refractivity contribution in [3.63, 3.8) is 0 Å². The van der Waals surface area contributed by atoms with E-state index in [-0.39, 0.29) is 17.2 Å². The minimum atomic E-state index is -0.193. The zero-order valence-electron chi connectivity index (χ0n) is 13.2. The van der Waals surface area contributed by atoms with E-state index in [0.29, 0.717) is 0 Å². The first-order valence-corrected chi connectivity index (χ1v) is 9.43. The number of hydrogen-bond donors (Lipinski definition) is 2. The number of benzene rings is 1. The van der Waals surface area contributed by atoms with Crippen LogP contribution in [0.3, 0.4) is 0 Å². The maximum atomic E-state index is 12.5. The molecule has 2 atom stereocenters. The summed E-state index contributed by atoms with van der Waals surface area (Å²) in [6.07, 6.45) is 3.22. The van der Waals surface area contributed by atoms with Crippen molar-refractivity contribution in [1.82, 2.24) is 15.5 Å². The van der Waals surface area contributed by atoms with Crippen LogP contribution in [0.5, 0.6) is 0 Å². The Kier molecular flexibility index (Phi) is 5.17. The van der Waals surface area contributed by atoms with Crippen LogP contribution in [0.2, 0.25) is 0 Å². The van der Waals surface area contributed by atoms with E-state index in [1.54, 1.807) is 0 Å². The number of thioether (sulfide) groups is 1. The third-order valence-corrected chi connectivity index (χ3v) is 6.08. The molecule has 0 saturated heterocycles. The number of aryl methyl sites for hydroxylation is 1. The average Bonchev–Trinajstić information content (AvgIpc) is 3.02. The van der Waals surface area contributed by atoms with Crippen LogP contribution in [-0.4, -0.2) is 28.4 Å². The fourth-order valence-electron chi connectivity index (χ4n) is 2.76. The number of nitrogens with zero attached hydrogens (tertiary/aromatic N) is 2. The van der Waals surface area contributed by atoms with Crippen LogP contribution in [0.1, 0.15) is 36.9 Å². The van der Waals surface area contributed by atoms with Crippen molar-refractivity contribution in [2.24, 2.45) is 0 Å². The van der Waals surface area contributed by atoms with E-state index in [1.807, 2.05) is 20.0 Å². The second-order valence-corrected chi connectivity index (χ2v) is 8.10. The topological polar surface area (TPSA) is 66.9 Å². The summed E-state index contributed by atoms with van der Waals surface area (Å²) >= 11 is 2.91. The Hall–Kier alpha value is -1.60. The zero-order valence-corrected chi connectivity index (χ0v) is 14.8. The van der Waals surface area contributed by atoms with Crippen LogP contribution < -0.4 is 10.6 Å². The first-order valence-electron chi connectivity index (χ1n) is 7.73. The molecule has 23 heavy (non-hydrogen) atoms. The summed E-state index contributed by atoms with van der Waals surface area (Å²) in [6.45, 7) is 1.91. The Bertz CT molecular complexity index is 688. The summed E-state index contributed by atoms with van der Waals surface area (Å²) in [5.74, 6) is 0.0536. The van der Waals surface area contributed by atoms with Gasteiger partial charge in [0.1, 0.15) is 0 Å². The van der Waals surface area contributed by atoms with E-state index >= 15 is 0 Å². The van der Waals surface area contributed by atoms with E-state index < -0.39 is 0 Å². The molecule has 0 spiro atoms. The van der Waals surface area contributed by atoms with E-state index in [2.05, 4.69) is 39.0 Å². The van der Waals surface area contributed by atoms with E-state index in [1.165, 1.54) is 34.2 Å². The van der Waals surface area contributed by atoms with Crippen molar-refractivity contribution in [2.75, 3.05) is 12.4 Å². The van der Waals surface area contributed by atoms with Gasteiger partial charge in [0, 0.05) is 7.05 Å². The number of hydrogen-bond acceptors (Lipinski definition) is 6.